The normalized spacial score (nSPS) is 12.7. The number of nitrogens with zero attached hydrogens (tertiary/aromatic N) is 1. The van der Waals surface area contributed by atoms with Crippen molar-refractivity contribution in [2.75, 3.05) is 5.32 Å². The fourth-order valence-electron chi connectivity index (χ4n) is 2.24. The first kappa shape index (κ1) is 21.7. The van der Waals surface area contributed by atoms with E-state index in [1.54, 1.807) is 0 Å². The second-order valence-corrected chi connectivity index (χ2v) is 6.08. The first-order chi connectivity index (χ1) is 12.8. The lowest BCUT2D eigenvalue weighted by molar-refractivity contribution is -0.383. The van der Waals surface area contributed by atoms with Crippen molar-refractivity contribution in [3.05, 3.63) is 63.2 Å². The third-order valence-corrected chi connectivity index (χ3v) is 3.95. The van der Waals surface area contributed by atoms with Gasteiger partial charge in [-0.3, -0.25) is 10.1 Å². The van der Waals surface area contributed by atoms with Crippen molar-refractivity contribution in [2.24, 2.45) is 0 Å². The quantitative estimate of drug-likeness (QED) is 0.329. The molecule has 0 saturated carbocycles. The van der Waals surface area contributed by atoms with Gasteiger partial charge >= 0.3 is 23.7 Å². The fourth-order valence-corrected chi connectivity index (χ4v) is 2.48. The van der Waals surface area contributed by atoms with E-state index in [1.807, 2.05) is 0 Å². The van der Waals surface area contributed by atoms with E-state index in [4.69, 9.17) is 11.6 Å². The molecule has 0 aliphatic carbocycles. The largest absolute Gasteiger partial charge is 0.459 e. The molecule has 2 aromatic carbocycles. The number of nitrogens with one attached hydrogen (secondary N) is 1. The molecule has 4 nitrogen and oxygen atoms in total. The zero-order chi connectivity index (χ0) is 21.3. The third-order valence-electron chi connectivity index (χ3n) is 3.64. The summed E-state index contributed by atoms with van der Waals surface area (Å²) >= 11 is 5.74. The average Bonchev–Trinajstić information content (AvgIpc) is 2.55. The van der Waals surface area contributed by atoms with Crippen molar-refractivity contribution in [2.45, 2.75) is 24.4 Å². The van der Waals surface area contributed by atoms with Crippen LogP contribution in [0, 0.1) is 10.1 Å². The average molecular weight is 431 g/mol. The summed E-state index contributed by atoms with van der Waals surface area (Å²) in [5, 5.41) is 13.5. The first-order valence-electron chi connectivity index (χ1n) is 7.37. The van der Waals surface area contributed by atoms with Gasteiger partial charge in [-0.2, -0.15) is 30.7 Å². The molecule has 0 aliphatic heterocycles. The van der Waals surface area contributed by atoms with Crippen LogP contribution in [0.4, 0.5) is 47.8 Å². The molecule has 0 aliphatic rings. The van der Waals surface area contributed by atoms with Crippen LogP contribution in [0.5, 0.6) is 0 Å². The van der Waals surface area contributed by atoms with Crippen LogP contribution in [-0.4, -0.2) is 22.9 Å². The molecule has 0 heterocycles. The SMILES string of the molecule is O=[N+]([O-])c1c(Cl)cccc1Nc1ccc(CC(F)(F)C(F)(F)C(F)(F)F)cc1. The van der Waals surface area contributed by atoms with E-state index in [0.717, 1.165) is 24.3 Å². The van der Waals surface area contributed by atoms with E-state index in [0.29, 0.717) is 0 Å². The van der Waals surface area contributed by atoms with Gasteiger partial charge in [0.15, 0.2) is 0 Å². The Morgan fingerprint density at radius 2 is 1.54 bits per heavy atom. The van der Waals surface area contributed by atoms with Gasteiger partial charge in [-0.25, -0.2) is 0 Å². The summed E-state index contributed by atoms with van der Waals surface area (Å²) in [6.45, 7) is 0. The van der Waals surface area contributed by atoms with Gasteiger partial charge in [-0.1, -0.05) is 29.8 Å². The molecule has 0 radical (unpaired) electrons. The molecule has 0 aromatic heterocycles. The number of hydrogen-bond donors (Lipinski definition) is 1. The van der Waals surface area contributed by atoms with Crippen LogP contribution in [-0.2, 0) is 6.42 Å². The number of anilines is 2. The van der Waals surface area contributed by atoms with Gasteiger partial charge in [0.25, 0.3) is 0 Å². The zero-order valence-electron chi connectivity index (χ0n) is 13.5. The number of nitro groups is 1. The number of hydrogen-bond acceptors (Lipinski definition) is 3. The van der Waals surface area contributed by atoms with Gasteiger partial charge in [-0.15, -0.1) is 0 Å². The lowest BCUT2D eigenvalue weighted by Crippen LogP contribution is -2.52. The number of halogens is 8. The third kappa shape index (κ3) is 4.29. The highest BCUT2D eigenvalue weighted by Crippen LogP contribution is 2.47. The molecule has 0 spiro atoms. The van der Waals surface area contributed by atoms with Crippen LogP contribution in [0.15, 0.2) is 42.5 Å². The zero-order valence-corrected chi connectivity index (χ0v) is 14.3. The van der Waals surface area contributed by atoms with Gasteiger partial charge in [-0.05, 0) is 29.8 Å². The van der Waals surface area contributed by atoms with E-state index < -0.39 is 40.6 Å². The second-order valence-electron chi connectivity index (χ2n) is 5.67. The minimum atomic E-state index is -6.40. The molecule has 2 rings (SSSR count). The van der Waals surface area contributed by atoms with Gasteiger partial charge in [0.2, 0.25) is 0 Å². The van der Waals surface area contributed by atoms with Crippen LogP contribution < -0.4 is 5.32 Å². The van der Waals surface area contributed by atoms with E-state index in [1.165, 1.54) is 18.2 Å². The van der Waals surface area contributed by atoms with Crippen molar-refractivity contribution in [1.29, 1.82) is 0 Å². The van der Waals surface area contributed by atoms with Crippen LogP contribution >= 0.6 is 11.6 Å². The Morgan fingerprint density at radius 1 is 0.964 bits per heavy atom. The van der Waals surface area contributed by atoms with Crippen molar-refractivity contribution >= 4 is 28.7 Å². The summed E-state index contributed by atoms with van der Waals surface area (Å²) in [5.74, 6) is -11.6. The number of nitro benzene ring substituents is 1. The van der Waals surface area contributed by atoms with E-state index >= 15 is 0 Å². The molecule has 0 atom stereocenters. The lowest BCUT2D eigenvalue weighted by atomic mass is 10.0. The summed E-state index contributed by atoms with van der Waals surface area (Å²) in [6.07, 6.45) is -8.25. The fraction of sp³-hybridized carbons (Fsp3) is 0.250. The number of alkyl halides is 7. The monoisotopic (exact) mass is 430 g/mol. The first-order valence-corrected chi connectivity index (χ1v) is 7.75. The van der Waals surface area contributed by atoms with E-state index in [9.17, 15) is 40.8 Å². The summed E-state index contributed by atoms with van der Waals surface area (Å²) in [4.78, 5) is 10.3. The highest BCUT2D eigenvalue weighted by molar-refractivity contribution is 6.33. The Bertz CT molecular complexity index is 870. The maximum atomic E-state index is 13.4. The maximum Gasteiger partial charge on any atom is 0.459 e. The van der Waals surface area contributed by atoms with Crippen LogP contribution in [0.3, 0.4) is 0 Å². The van der Waals surface area contributed by atoms with Crippen molar-refractivity contribution in [3.8, 4) is 0 Å². The second kappa shape index (κ2) is 7.46. The Morgan fingerprint density at radius 3 is 2.04 bits per heavy atom. The molecule has 28 heavy (non-hydrogen) atoms. The lowest BCUT2D eigenvalue weighted by Gasteiger charge is -2.28. The predicted octanol–water partition coefficient (Wildman–Crippen LogP) is 6.37. The molecule has 0 amide bonds. The Labute approximate surface area is 158 Å². The molecule has 152 valence electrons. The van der Waals surface area contributed by atoms with Crippen LogP contribution in [0.25, 0.3) is 0 Å². The Hall–Kier alpha value is -2.56. The van der Waals surface area contributed by atoms with Gasteiger partial charge in [0.1, 0.15) is 10.7 Å². The molecule has 12 heteroatoms. The molecule has 0 fully saturated rings. The smallest absolute Gasteiger partial charge is 0.350 e. The van der Waals surface area contributed by atoms with E-state index in [2.05, 4.69) is 5.32 Å². The maximum absolute atomic E-state index is 13.4. The molecule has 1 N–H and O–H groups in total. The summed E-state index contributed by atoms with van der Waals surface area (Å²) < 4.78 is 89.3. The van der Waals surface area contributed by atoms with Gasteiger partial charge in [0, 0.05) is 12.1 Å². The van der Waals surface area contributed by atoms with Crippen molar-refractivity contribution in [3.63, 3.8) is 0 Å². The highest BCUT2D eigenvalue weighted by atomic mass is 35.5. The van der Waals surface area contributed by atoms with Gasteiger partial charge < -0.3 is 5.32 Å². The van der Waals surface area contributed by atoms with E-state index in [-0.39, 0.29) is 16.4 Å². The highest BCUT2D eigenvalue weighted by Gasteiger charge is 2.72. The predicted molar refractivity (Wildman–Crippen MR) is 87.5 cm³/mol. The molecular formula is C16H10ClF7N2O2. The standard InChI is InChI=1S/C16H10ClF7N2O2/c17-11-2-1-3-12(13(11)26(27)28)25-10-6-4-9(5-7-10)8-14(18,19)15(20,21)16(22,23)24/h1-7,25H,8H2. The summed E-state index contributed by atoms with van der Waals surface area (Å²) in [7, 11) is 0. The summed E-state index contributed by atoms with van der Waals surface area (Å²) in [6, 6.07) is 8.00. The van der Waals surface area contributed by atoms with Crippen molar-refractivity contribution in [1.82, 2.24) is 0 Å². The Kier molecular flexibility index (Phi) is 5.79. The van der Waals surface area contributed by atoms with Crippen LogP contribution in [0.1, 0.15) is 5.56 Å². The Balaban J connectivity index is 2.22. The minimum Gasteiger partial charge on any atom is -0.350 e. The number of rotatable bonds is 6. The molecular weight excluding hydrogens is 421 g/mol. The minimum absolute atomic E-state index is 0.0285. The van der Waals surface area contributed by atoms with Crippen molar-refractivity contribution < 1.29 is 35.7 Å². The molecule has 0 bridgehead atoms. The van der Waals surface area contributed by atoms with Crippen LogP contribution in [0.2, 0.25) is 5.02 Å². The molecule has 0 unspecified atom stereocenters. The molecule has 0 saturated heterocycles. The van der Waals surface area contributed by atoms with Gasteiger partial charge in [0.05, 0.1) is 4.92 Å². The number of benzene rings is 2. The summed E-state index contributed by atoms with van der Waals surface area (Å²) in [5.41, 5.74) is -0.830. The molecule has 2 aromatic rings. The number of para-hydroxylation sites is 1. The topological polar surface area (TPSA) is 55.2 Å².